The number of carbonyl (C=O) groups is 2. The van der Waals surface area contributed by atoms with Gasteiger partial charge in [-0.2, -0.15) is 0 Å². The molecule has 1 amide bonds. The number of amides is 1. The van der Waals surface area contributed by atoms with Crippen molar-refractivity contribution in [2.75, 3.05) is 18.5 Å². The Morgan fingerprint density at radius 2 is 1.71 bits per heavy atom. The molecule has 1 aliphatic carbocycles. The van der Waals surface area contributed by atoms with Gasteiger partial charge < -0.3 is 15.4 Å². The van der Waals surface area contributed by atoms with Crippen molar-refractivity contribution < 1.29 is 19.6 Å². The topological polar surface area (TPSA) is 72.0 Å². The lowest BCUT2D eigenvalue weighted by molar-refractivity contribution is -0.680. The third kappa shape index (κ3) is 6.32. The van der Waals surface area contributed by atoms with Crippen molar-refractivity contribution in [3.8, 4) is 0 Å². The van der Waals surface area contributed by atoms with E-state index in [1.807, 2.05) is 0 Å². The molecule has 0 heterocycles. The number of hydrogen-bond acceptors (Lipinski definition) is 3. The number of nitrogens with one attached hydrogen (secondary N) is 1. The average molecular weight is 333 g/mol. The van der Waals surface area contributed by atoms with Gasteiger partial charge in [-0.15, -0.1) is 0 Å². The molecule has 0 aliphatic heterocycles. The van der Waals surface area contributed by atoms with Crippen molar-refractivity contribution in [3.05, 3.63) is 29.8 Å². The van der Waals surface area contributed by atoms with Crippen LogP contribution in [0.15, 0.2) is 24.3 Å². The van der Waals surface area contributed by atoms with Gasteiger partial charge in [0.1, 0.15) is 0 Å². The van der Waals surface area contributed by atoms with Crippen molar-refractivity contribution in [2.24, 2.45) is 0 Å². The van der Waals surface area contributed by atoms with Crippen molar-refractivity contribution in [2.45, 2.75) is 57.9 Å². The molecule has 1 fully saturated rings. The molecule has 132 valence electrons. The molecule has 0 atom stereocenters. The Morgan fingerprint density at radius 3 is 2.33 bits per heavy atom. The zero-order valence-electron chi connectivity index (χ0n) is 14.6. The summed E-state index contributed by atoms with van der Waals surface area (Å²) >= 11 is 0. The van der Waals surface area contributed by atoms with E-state index in [-0.39, 0.29) is 11.9 Å². The standard InChI is InChI=1S/C19H28N2O3/c1-2-24-19(23)15-10-12-17(13-11-15)21-18(22)14-20-16-8-6-4-3-5-7-9-16/h10-13,16,20H,2-9,14H2,1H3,(H,21,22)/p+1. The summed E-state index contributed by atoms with van der Waals surface area (Å²) in [6.45, 7) is 2.58. The molecule has 0 radical (unpaired) electrons. The predicted molar refractivity (Wildman–Crippen MR) is 93.9 cm³/mol. The van der Waals surface area contributed by atoms with Crippen LogP contribution in [0.5, 0.6) is 0 Å². The first-order valence-electron chi connectivity index (χ1n) is 9.09. The monoisotopic (exact) mass is 333 g/mol. The van der Waals surface area contributed by atoms with E-state index in [1.54, 1.807) is 31.2 Å². The van der Waals surface area contributed by atoms with Crippen LogP contribution in [0, 0.1) is 0 Å². The van der Waals surface area contributed by atoms with Gasteiger partial charge in [0.05, 0.1) is 18.2 Å². The van der Waals surface area contributed by atoms with E-state index in [0.29, 0.717) is 30.4 Å². The maximum Gasteiger partial charge on any atom is 0.338 e. The highest BCUT2D eigenvalue weighted by molar-refractivity contribution is 5.93. The fourth-order valence-electron chi connectivity index (χ4n) is 3.11. The number of nitrogens with two attached hydrogens (primary N) is 1. The molecule has 5 heteroatoms. The van der Waals surface area contributed by atoms with Crippen LogP contribution in [0.1, 0.15) is 62.2 Å². The van der Waals surface area contributed by atoms with Crippen molar-refractivity contribution in [3.63, 3.8) is 0 Å². The second kappa shape index (κ2) is 10.1. The number of esters is 1. The van der Waals surface area contributed by atoms with Crippen LogP contribution in [-0.2, 0) is 9.53 Å². The summed E-state index contributed by atoms with van der Waals surface area (Å²) in [5.74, 6) is -0.339. The highest BCUT2D eigenvalue weighted by atomic mass is 16.5. The van der Waals surface area contributed by atoms with E-state index < -0.39 is 0 Å². The fourth-order valence-corrected chi connectivity index (χ4v) is 3.11. The van der Waals surface area contributed by atoms with E-state index in [0.717, 1.165) is 0 Å². The third-order valence-corrected chi connectivity index (χ3v) is 4.47. The Kier molecular flexibility index (Phi) is 7.75. The zero-order valence-corrected chi connectivity index (χ0v) is 14.6. The van der Waals surface area contributed by atoms with Gasteiger partial charge in [-0.05, 0) is 56.9 Å². The molecule has 2 rings (SSSR count). The van der Waals surface area contributed by atoms with Crippen LogP contribution >= 0.6 is 0 Å². The lowest BCUT2D eigenvalue weighted by Gasteiger charge is -2.18. The second-order valence-corrected chi connectivity index (χ2v) is 6.39. The van der Waals surface area contributed by atoms with Gasteiger partial charge >= 0.3 is 5.97 Å². The van der Waals surface area contributed by atoms with E-state index in [1.165, 1.54) is 44.9 Å². The molecule has 1 aromatic rings. The van der Waals surface area contributed by atoms with Gasteiger partial charge in [0.15, 0.2) is 6.54 Å². The number of hydrogen-bond donors (Lipinski definition) is 2. The van der Waals surface area contributed by atoms with E-state index >= 15 is 0 Å². The minimum Gasteiger partial charge on any atom is -0.462 e. The summed E-state index contributed by atoms with van der Waals surface area (Å²) < 4.78 is 4.94. The van der Waals surface area contributed by atoms with E-state index in [9.17, 15) is 9.59 Å². The van der Waals surface area contributed by atoms with Gasteiger partial charge in [-0.3, -0.25) is 4.79 Å². The Labute approximate surface area is 144 Å². The van der Waals surface area contributed by atoms with Gasteiger partial charge in [0, 0.05) is 5.69 Å². The van der Waals surface area contributed by atoms with Crippen LogP contribution in [0.25, 0.3) is 0 Å². The summed E-state index contributed by atoms with van der Waals surface area (Å²) in [4.78, 5) is 23.7. The molecule has 0 bridgehead atoms. The number of carbonyl (C=O) groups excluding carboxylic acids is 2. The average Bonchev–Trinajstić information content (AvgIpc) is 2.54. The van der Waals surface area contributed by atoms with Crippen LogP contribution in [0.3, 0.4) is 0 Å². The first-order valence-corrected chi connectivity index (χ1v) is 9.09. The molecular weight excluding hydrogens is 304 g/mol. The zero-order chi connectivity index (χ0) is 17.2. The molecule has 24 heavy (non-hydrogen) atoms. The van der Waals surface area contributed by atoms with E-state index in [4.69, 9.17) is 4.74 Å². The molecule has 5 nitrogen and oxygen atoms in total. The Morgan fingerprint density at radius 1 is 1.08 bits per heavy atom. The number of benzene rings is 1. The molecule has 0 unspecified atom stereocenters. The normalized spacial score (nSPS) is 16.0. The molecule has 1 aliphatic rings. The molecule has 0 spiro atoms. The van der Waals surface area contributed by atoms with Crippen LogP contribution < -0.4 is 10.6 Å². The molecular formula is C19H29N2O3+. The number of ether oxygens (including phenoxy) is 1. The van der Waals surface area contributed by atoms with Crippen molar-refractivity contribution >= 4 is 17.6 Å². The predicted octanol–water partition coefficient (Wildman–Crippen LogP) is 2.48. The van der Waals surface area contributed by atoms with Gasteiger partial charge in [-0.25, -0.2) is 4.79 Å². The van der Waals surface area contributed by atoms with Gasteiger partial charge in [-0.1, -0.05) is 19.3 Å². The summed E-state index contributed by atoms with van der Waals surface area (Å²) in [5, 5.41) is 5.06. The Hall–Kier alpha value is -1.88. The lowest BCUT2D eigenvalue weighted by atomic mass is 9.97. The highest BCUT2D eigenvalue weighted by Crippen LogP contribution is 2.15. The van der Waals surface area contributed by atoms with Gasteiger partial charge in [0.25, 0.3) is 5.91 Å². The molecule has 1 saturated carbocycles. The Balaban J connectivity index is 1.76. The minimum absolute atomic E-state index is 0.000874. The summed E-state index contributed by atoms with van der Waals surface area (Å²) in [6.07, 6.45) is 8.97. The van der Waals surface area contributed by atoms with Crippen molar-refractivity contribution in [1.82, 2.24) is 0 Å². The third-order valence-electron chi connectivity index (χ3n) is 4.47. The van der Waals surface area contributed by atoms with Crippen LogP contribution in [0.2, 0.25) is 0 Å². The quantitative estimate of drug-likeness (QED) is 0.786. The number of quaternary nitrogens is 1. The largest absolute Gasteiger partial charge is 0.462 e. The summed E-state index contributed by atoms with van der Waals surface area (Å²) in [6, 6.07) is 7.39. The summed E-state index contributed by atoms with van der Waals surface area (Å²) in [7, 11) is 0. The molecule has 0 aromatic heterocycles. The molecule has 0 saturated heterocycles. The smallest absolute Gasteiger partial charge is 0.338 e. The maximum absolute atomic E-state index is 12.1. The van der Waals surface area contributed by atoms with Crippen LogP contribution in [-0.4, -0.2) is 31.1 Å². The van der Waals surface area contributed by atoms with E-state index in [2.05, 4.69) is 10.6 Å². The number of anilines is 1. The van der Waals surface area contributed by atoms with Gasteiger partial charge in [0.2, 0.25) is 0 Å². The SMILES string of the molecule is CCOC(=O)c1ccc(NC(=O)C[NH2+]C2CCCCCCC2)cc1. The van der Waals surface area contributed by atoms with Crippen molar-refractivity contribution in [1.29, 1.82) is 0 Å². The first-order chi connectivity index (χ1) is 11.7. The molecule has 3 N–H and O–H groups in total. The number of rotatable bonds is 6. The van der Waals surface area contributed by atoms with Crippen LogP contribution in [0.4, 0.5) is 5.69 Å². The fraction of sp³-hybridized carbons (Fsp3) is 0.579. The Bertz CT molecular complexity index is 520. The summed E-state index contributed by atoms with van der Waals surface area (Å²) in [5.41, 5.74) is 1.20. The molecule has 1 aromatic carbocycles. The highest BCUT2D eigenvalue weighted by Gasteiger charge is 2.16. The lowest BCUT2D eigenvalue weighted by Crippen LogP contribution is -2.91. The second-order valence-electron chi connectivity index (χ2n) is 6.39. The maximum atomic E-state index is 12.1. The minimum atomic E-state index is -0.340. The first kappa shape index (κ1) is 18.5.